The zero-order valence-electron chi connectivity index (χ0n) is 8.87. The van der Waals surface area contributed by atoms with E-state index in [9.17, 15) is 14.3 Å². The number of nitrogens with one attached hydrogen (secondary N) is 1. The molecule has 1 saturated carbocycles. The lowest BCUT2D eigenvalue weighted by Gasteiger charge is -2.34. The molecule has 1 amide bonds. The van der Waals surface area contributed by atoms with Gasteiger partial charge < -0.3 is 10.4 Å². The number of aliphatic hydroxyl groups is 1. The van der Waals surface area contributed by atoms with Gasteiger partial charge in [-0.05, 0) is 37.0 Å². The molecule has 1 aromatic rings. The van der Waals surface area contributed by atoms with E-state index in [1.54, 1.807) is 12.1 Å². The first-order chi connectivity index (χ1) is 7.60. The third kappa shape index (κ3) is 2.22. The summed E-state index contributed by atoms with van der Waals surface area (Å²) in [5.74, 6) is -0.629. The maximum Gasteiger partial charge on any atom is 0.252 e. The summed E-state index contributed by atoms with van der Waals surface area (Å²) in [7, 11) is 0. The normalized spacial score (nSPS) is 17.6. The standard InChI is InChI=1S/C12H14FNO2/c13-10-4-2-9(3-5-10)8-14-11(15)12(16)6-1-7-12/h2-5,16H,1,6-8H2,(H,14,15). The molecule has 86 valence electrons. The lowest BCUT2D eigenvalue weighted by atomic mass is 9.79. The summed E-state index contributed by atoms with van der Waals surface area (Å²) in [5.41, 5.74) is -0.349. The van der Waals surface area contributed by atoms with Crippen molar-refractivity contribution in [3.05, 3.63) is 35.6 Å². The quantitative estimate of drug-likeness (QED) is 0.812. The fourth-order valence-corrected chi connectivity index (χ4v) is 1.69. The maximum atomic E-state index is 12.6. The van der Waals surface area contributed by atoms with Crippen LogP contribution in [0, 0.1) is 5.82 Å². The Balaban J connectivity index is 1.87. The molecule has 0 spiro atoms. The molecule has 4 heteroatoms. The molecule has 16 heavy (non-hydrogen) atoms. The molecule has 0 heterocycles. The predicted octanol–water partition coefficient (Wildman–Crippen LogP) is 1.36. The third-order valence-corrected chi connectivity index (χ3v) is 2.97. The van der Waals surface area contributed by atoms with Gasteiger partial charge in [0, 0.05) is 6.54 Å². The molecule has 2 rings (SSSR count). The van der Waals surface area contributed by atoms with E-state index >= 15 is 0 Å². The van der Waals surface area contributed by atoms with E-state index in [0.717, 1.165) is 12.0 Å². The van der Waals surface area contributed by atoms with Gasteiger partial charge in [0.2, 0.25) is 0 Å². The molecule has 0 atom stereocenters. The Morgan fingerprint density at radius 1 is 1.38 bits per heavy atom. The van der Waals surface area contributed by atoms with Gasteiger partial charge >= 0.3 is 0 Å². The van der Waals surface area contributed by atoms with Crippen molar-refractivity contribution >= 4 is 5.91 Å². The summed E-state index contributed by atoms with van der Waals surface area (Å²) in [5, 5.41) is 12.4. The number of benzene rings is 1. The molecule has 1 aliphatic carbocycles. The molecule has 0 radical (unpaired) electrons. The van der Waals surface area contributed by atoms with Crippen LogP contribution in [0.4, 0.5) is 4.39 Å². The highest BCUT2D eigenvalue weighted by molar-refractivity contribution is 5.85. The van der Waals surface area contributed by atoms with Gasteiger partial charge in [-0.25, -0.2) is 4.39 Å². The van der Waals surface area contributed by atoms with Crippen molar-refractivity contribution in [3.8, 4) is 0 Å². The van der Waals surface area contributed by atoms with Crippen molar-refractivity contribution < 1.29 is 14.3 Å². The zero-order valence-corrected chi connectivity index (χ0v) is 8.87. The summed E-state index contributed by atoms with van der Waals surface area (Å²) in [6, 6.07) is 5.92. The van der Waals surface area contributed by atoms with Crippen molar-refractivity contribution in [2.45, 2.75) is 31.4 Å². The molecule has 1 aromatic carbocycles. The summed E-state index contributed by atoms with van der Waals surface area (Å²) in [6.45, 7) is 0.321. The van der Waals surface area contributed by atoms with Crippen LogP contribution < -0.4 is 5.32 Å². The number of rotatable bonds is 3. The number of carbonyl (C=O) groups excluding carboxylic acids is 1. The van der Waals surface area contributed by atoms with Gasteiger partial charge in [-0.15, -0.1) is 0 Å². The first kappa shape index (κ1) is 11.1. The minimum absolute atomic E-state index is 0.298. The summed E-state index contributed by atoms with van der Waals surface area (Å²) >= 11 is 0. The van der Waals surface area contributed by atoms with Gasteiger partial charge in [0.1, 0.15) is 11.4 Å². The molecule has 1 fully saturated rings. The second-order valence-corrected chi connectivity index (χ2v) is 4.19. The van der Waals surface area contributed by atoms with E-state index in [4.69, 9.17) is 0 Å². The monoisotopic (exact) mass is 223 g/mol. The molecular formula is C12H14FNO2. The molecular weight excluding hydrogens is 209 g/mol. The highest BCUT2D eigenvalue weighted by Gasteiger charge is 2.41. The van der Waals surface area contributed by atoms with Gasteiger partial charge in [0.15, 0.2) is 0 Å². The number of hydrogen-bond donors (Lipinski definition) is 2. The van der Waals surface area contributed by atoms with Crippen LogP contribution in [-0.4, -0.2) is 16.6 Å². The van der Waals surface area contributed by atoms with Crippen LogP contribution in [0.5, 0.6) is 0 Å². The second-order valence-electron chi connectivity index (χ2n) is 4.19. The Morgan fingerprint density at radius 2 is 2.00 bits per heavy atom. The maximum absolute atomic E-state index is 12.6. The molecule has 1 aliphatic rings. The van der Waals surface area contributed by atoms with Crippen molar-refractivity contribution in [1.82, 2.24) is 5.32 Å². The molecule has 0 aromatic heterocycles. The zero-order chi connectivity index (χ0) is 11.6. The smallest absolute Gasteiger partial charge is 0.252 e. The minimum atomic E-state index is -1.17. The number of amides is 1. The summed E-state index contributed by atoms with van der Waals surface area (Å²) in [6.07, 6.45) is 1.95. The van der Waals surface area contributed by atoms with Gasteiger partial charge in [0.05, 0.1) is 0 Å². The van der Waals surface area contributed by atoms with Gasteiger partial charge in [-0.2, -0.15) is 0 Å². The largest absolute Gasteiger partial charge is 0.380 e. The fraction of sp³-hybridized carbons (Fsp3) is 0.417. The lowest BCUT2D eigenvalue weighted by Crippen LogP contribution is -2.51. The molecule has 2 N–H and O–H groups in total. The van der Waals surface area contributed by atoms with E-state index in [2.05, 4.69) is 5.32 Å². The van der Waals surface area contributed by atoms with E-state index < -0.39 is 5.60 Å². The number of hydrogen-bond acceptors (Lipinski definition) is 2. The van der Waals surface area contributed by atoms with Gasteiger partial charge in [0.25, 0.3) is 5.91 Å². The average molecular weight is 223 g/mol. The fourth-order valence-electron chi connectivity index (χ4n) is 1.69. The summed E-state index contributed by atoms with van der Waals surface area (Å²) in [4.78, 5) is 11.6. The van der Waals surface area contributed by atoms with Gasteiger partial charge in [-0.1, -0.05) is 12.1 Å². The van der Waals surface area contributed by atoms with E-state index in [1.807, 2.05) is 0 Å². The Bertz CT molecular complexity index is 385. The molecule has 0 bridgehead atoms. The highest BCUT2D eigenvalue weighted by atomic mass is 19.1. The molecule has 3 nitrogen and oxygen atoms in total. The first-order valence-corrected chi connectivity index (χ1v) is 5.35. The third-order valence-electron chi connectivity index (χ3n) is 2.97. The second kappa shape index (κ2) is 4.22. The first-order valence-electron chi connectivity index (χ1n) is 5.35. The summed E-state index contributed by atoms with van der Waals surface area (Å²) < 4.78 is 12.6. The van der Waals surface area contributed by atoms with Crippen LogP contribution >= 0.6 is 0 Å². The van der Waals surface area contributed by atoms with Crippen LogP contribution in [0.15, 0.2) is 24.3 Å². The molecule has 0 unspecified atom stereocenters. The lowest BCUT2D eigenvalue weighted by molar-refractivity contribution is -0.148. The number of halogens is 1. The minimum Gasteiger partial charge on any atom is -0.380 e. The van der Waals surface area contributed by atoms with Crippen molar-refractivity contribution in [2.75, 3.05) is 0 Å². The van der Waals surface area contributed by atoms with Crippen molar-refractivity contribution in [2.24, 2.45) is 0 Å². The topological polar surface area (TPSA) is 49.3 Å². The van der Waals surface area contributed by atoms with E-state index in [1.165, 1.54) is 12.1 Å². The van der Waals surface area contributed by atoms with Crippen molar-refractivity contribution in [3.63, 3.8) is 0 Å². The van der Waals surface area contributed by atoms with E-state index in [-0.39, 0.29) is 11.7 Å². The van der Waals surface area contributed by atoms with Gasteiger partial charge in [-0.3, -0.25) is 4.79 Å². The van der Waals surface area contributed by atoms with Crippen LogP contribution in [0.2, 0.25) is 0 Å². The Kier molecular flexibility index (Phi) is 2.92. The van der Waals surface area contributed by atoms with Crippen LogP contribution in [0.3, 0.4) is 0 Å². The average Bonchev–Trinajstić information content (AvgIpc) is 2.24. The van der Waals surface area contributed by atoms with Crippen LogP contribution in [0.25, 0.3) is 0 Å². The highest BCUT2D eigenvalue weighted by Crippen LogP contribution is 2.31. The SMILES string of the molecule is O=C(NCc1ccc(F)cc1)C1(O)CCC1. The Hall–Kier alpha value is -1.42. The van der Waals surface area contributed by atoms with E-state index in [0.29, 0.717) is 19.4 Å². The van der Waals surface area contributed by atoms with Crippen molar-refractivity contribution in [1.29, 1.82) is 0 Å². The molecule has 0 aliphatic heterocycles. The Labute approximate surface area is 93.3 Å². The van der Waals surface area contributed by atoms with Crippen LogP contribution in [0.1, 0.15) is 24.8 Å². The molecule has 0 saturated heterocycles. The van der Waals surface area contributed by atoms with Crippen LogP contribution in [-0.2, 0) is 11.3 Å². The predicted molar refractivity (Wildman–Crippen MR) is 57.0 cm³/mol. The number of carbonyl (C=O) groups is 1. The Morgan fingerprint density at radius 3 is 2.50 bits per heavy atom.